The lowest BCUT2D eigenvalue weighted by molar-refractivity contribution is 0.0900. The molecule has 0 spiro atoms. The lowest BCUT2D eigenvalue weighted by atomic mass is 10.2. The van der Waals surface area contributed by atoms with Crippen LogP contribution in [0.4, 0.5) is 5.82 Å². The minimum absolute atomic E-state index is 0.177. The Kier molecular flexibility index (Phi) is 2.68. The zero-order valence-electron chi connectivity index (χ0n) is 8.92. The van der Waals surface area contributed by atoms with Crippen molar-refractivity contribution in [2.45, 2.75) is 13.3 Å². The van der Waals surface area contributed by atoms with Gasteiger partial charge in [0.05, 0.1) is 12.1 Å². The van der Waals surface area contributed by atoms with Crippen molar-refractivity contribution in [3.8, 4) is 0 Å². The van der Waals surface area contributed by atoms with Gasteiger partial charge in [0.2, 0.25) is 0 Å². The van der Waals surface area contributed by atoms with Crippen molar-refractivity contribution in [2.24, 2.45) is 0 Å². The second kappa shape index (κ2) is 4.14. The van der Waals surface area contributed by atoms with E-state index in [1.165, 1.54) is 4.68 Å². The molecule has 0 aliphatic heterocycles. The van der Waals surface area contributed by atoms with Crippen molar-refractivity contribution >= 4 is 11.7 Å². The number of aromatic nitrogens is 3. The largest absolute Gasteiger partial charge is 0.383 e. The number of nitrogen functional groups attached to an aromatic ring is 1. The maximum absolute atomic E-state index is 11.8. The molecule has 0 bridgehead atoms. The molecule has 5 heteroatoms. The molecule has 2 aromatic heterocycles. The molecule has 0 aliphatic carbocycles. The van der Waals surface area contributed by atoms with Crippen LogP contribution in [0.5, 0.6) is 0 Å². The molecule has 0 aliphatic rings. The zero-order valence-corrected chi connectivity index (χ0v) is 8.92. The Bertz CT molecular complexity index is 504. The van der Waals surface area contributed by atoms with Gasteiger partial charge in [-0.25, -0.2) is 0 Å². The number of hydrogen-bond donors (Lipinski definition) is 1. The first kappa shape index (κ1) is 10.4. The Morgan fingerprint density at radius 2 is 2.31 bits per heavy atom. The number of carbonyl (C=O) groups excluding carboxylic acids is 1. The lowest BCUT2D eigenvalue weighted by Gasteiger charge is -2.01. The van der Waals surface area contributed by atoms with Crippen molar-refractivity contribution < 1.29 is 4.79 Å². The van der Waals surface area contributed by atoms with E-state index in [9.17, 15) is 4.79 Å². The van der Waals surface area contributed by atoms with E-state index in [4.69, 9.17) is 5.73 Å². The van der Waals surface area contributed by atoms with Crippen LogP contribution in [0, 0.1) is 6.92 Å². The molecule has 0 aromatic carbocycles. The van der Waals surface area contributed by atoms with Crippen molar-refractivity contribution in [2.75, 3.05) is 5.73 Å². The molecule has 2 rings (SSSR count). The van der Waals surface area contributed by atoms with Gasteiger partial charge >= 0.3 is 0 Å². The van der Waals surface area contributed by atoms with E-state index in [2.05, 4.69) is 10.1 Å². The Morgan fingerprint density at radius 1 is 1.50 bits per heavy atom. The summed E-state index contributed by atoms with van der Waals surface area (Å²) in [5.74, 6) is 0.183. The van der Waals surface area contributed by atoms with Gasteiger partial charge in [0.1, 0.15) is 5.82 Å². The third-order valence-corrected chi connectivity index (χ3v) is 2.15. The van der Waals surface area contributed by atoms with E-state index < -0.39 is 0 Å². The van der Waals surface area contributed by atoms with Crippen LogP contribution in [-0.4, -0.2) is 20.7 Å². The summed E-state index contributed by atoms with van der Waals surface area (Å²) in [5, 5.41) is 4.02. The van der Waals surface area contributed by atoms with E-state index in [-0.39, 0.29) is 12.3 Å². The Labute approximate surface area is 92.9 Å². The third-order valence-electron chi connectivity index (χ3n) is 2.15. The quantitative estimate of drug-likeness (QED) is 0.814. The van der Waals surface area contributed by atoms with Crippen molar-refractivity contribution in [1.29, 1.82) is 0 Å². The molecule has 0 saturated carbocycles. The fourth-order valence-corrected chi connectivity index (χ4v) is 1.45. The van der Waals surface area contributed by atoms with Crippen LogP contribution >= 0.6 is 0 Å². The van der Waals surface area contributed by atoms with Gasteiger partial charge < -0.3 is 5.73 Å². The molecule has 2 N–H and O–H groups in total. The fraction of sp³-hybridized carbons (Fsp3) is 0.182. The smallest absolute Gasteiger partial charge is 0.254 e. The third kappa shape index (κ3) is 2.08. The molecule has 2 heterocycles. The molecular formula is C11H12N4O. The summed E-state index contributed by atoms with van der Waals surface area (Å²) in [4.78, 5) is 15.9. The number of nitrogens with two attached hydrogens (primary N) is 1. The van der Waals surface area contributed by atoms with Gasteiger partial charge in [0, 0.05) is 18.0 Å². The average Bonchev–Trinajstić information content (AvgIpc) is 2.59. The monoisotopic (exact) mass is 216 g/mol. The maximum Gasteiger partial charge on any atom is 0.254 e. The normalized spacial score (nSPS) is 10.3. The minimum atomic E-state index is -0.177. The van der Waals surface area contributed by atoms with Gasteiger partial charge in [-0.3, -0.25) is 9.78 Å². The molecule has 0 amide bonds. The lowest BCUT2D eigenvalue weighted by Crippen LogP contribution is -2.17. The van der Waals surface area contributed by atoms with E-state index in [1.807, 2.05) is 6.07 Å². The number of aryl methyl sites for hydroxylation is 1. The van der Waals surface area contributed by atoms with Crippen molar-refractivity contribution in [1.82, 2.24) is 14.8 Å². The van der Waals surface area contributed by atoms with Crippen molar-refractivity contribution in [3.05, 3.63) is 41.9 Å². The molecule has 5 nitrogen and oxygen atoms in total. The molecule has 0 unspecified atom stereocenters. The summed E-state index contributed by atoms with van der Waals surface area (Å²) in [6, 6.07) is 7.11. The SMILES string of the molecule is Cc1cc(N)n(C(=O)Cc2ccccn2)n1. The summed E-state index contributed by atoms with van der Waals surface area (Å²) in [6.45, 7) is 1.79. The van der Waals surface area contributed by atoms with E-state index in [0.717, 1.165) is 5.69 Å². The van der Waals surface area contributed by atoms with E-state index in [1.54, 1.807) is 31.3 Å². The fourth-order valence-electron chi connectivity index (χ4n) is 1.45. The highest BCUT2D eigenvalue weighted by molar-refractivity contribution is 5.82. The van der Waals surface area contributed by atoms with Gasteiger partial charge in [-0.15, -0.1) is 0 Å². The first-order valence-electron chi connectivity index (χ1n) is 4.92. The molecule has 0 radical (unpaired) electrons. The zero-order chi connectivity index (χ0) is 11.5. The van der Waals surface area contributed by atoms with Crippen LogP contribution in [0.3, 0.4) is 0 Å². The molecule has 0 saturated heterocycles. The van der Waals surface area contributed by atoms with Crippen LogP contribution in [0.1, 0.15) is 16.2 Å². The summed E-state index contributed by atoms with van der Waals surface area (Å²) in [6.07, 6.45) is 1.85. The molecule has 0 fully saturated rings. The van der Waals surface area contributed by atoms with Crippen LogP contribution in [0.15, 0.2) is 30.5 Å². The average molecular weight is 216 g/mol. The summed E-state index contributed by atoms with van der Waals surface area (Å²) >= 11 is 0. The van der Waals surface area contributed by atoms with Gasteiger partial charge in [-0.2, -0.15) is 9.78 Å². The van der Waals surface area contributed by atoms with E-state index >= 15 is 0 Å². The first-order chi connectivity index (χ1) is 7.66. The number of carbonyl (C=O) groups is 1. The number of pyridine rings is 1. The van der Waals surface area contributed by atoms with Crippen LogP contribution in [-0.2, 0) is 6.42 Å². The molecule has 0 atom stereocenters. The van der Waals surface area contributed by atoms with Crippen LogP contribution in [0.2, 0.25) is 0 Å². The molecule has 82 valence electrons. The molecule has 16 heavy (non-hydrogen) atoms. The van der Waals surface area contributed by atoms with Crippen LogP contribution < -0.4 is 5.73 Å². The predicted molar refractivity (Wildman–Crippen MR) is 59.9 cm³/mol. The predicted octanol–water partition coefficient (Wildman–Crippen LogP) is 1.05. The molecule has 2 aromatic rings. The minimum Gasteiger partial charge on any atom is -0.383 e. The highest BCUT2D eigenvalue weighted by Gasteiger charge is 2.11. The highest BCUT2D eigenvalue weighted by atomic mass is 16.2. The first-order valence-corrected chi connectivity index (χ1v) is 4.92. The summed E-state index contributed by atoms with van der Waals surface area (Å²) < 4.78 is 1.21. The number of hydrogen-bond acceptors (Lipinski definition) is 4. The number of nitrogens with zero attached hydrogens (tertiary/aromatic N) is 3. The Balaban J connectivity index is 2.18. The summed E-state index contributed by atoms with van der Waals surface area (Å²) in [5.41, 5.74) is 7.09. The van der Waals surface area contributed by atoms with Crippen molar-refractivity contribution in [3.63, 3.8) is 0 Å². The topological polar surface area (TPSA) is 73.8 Å². The number of rotatable bonds is 2. The standard InChI is InChI=1S/C11H12N4O/c1-8-6-10(12)15(14-8)11(16)7-9-4-2-3-5-13-9/h2-6H,7,12H2,1H3. The van der Waals surface area contributed by atoms with Gasteiger partial charge in [-0.05, 0) is 19.1 Å². The summed E-state index contributed by atoms with van der Waals surface area (Å²) in [7, 11) is 0. The second-order valence-electron chi connectivity index (χ2n) is 3.51. The maximum atomic E-state index is 11.8. The molecular weight excluding hydrogens is 204 g/mol. The van der Waals surface area contributed by atoms with Gasteiger partial charge in [0.15, 0.2) is 0 Å². The Hall–Kier alpha value is -2.17. The van der Waals surface area contributed by atoms with Gasteiger partial charge in [-0.1, -0.05) is 6.07 Å². The highest BCUT2D eigenvalue weighted by Crippen LogP contribution is 2.06. The Morgan fingerprint density at radius 3 is 2.88 bits per heavy atom. The van der Waals surface area contributed by atoms with Gasteiger partial charge in [0.25, 0.3) is 5.91 Å². The van der Waals surface area contributed by atoms with E-state index in [0.29, 0.717) is 11.5 Å². The number of anilines is 1. The second-order valence-corrected chi connectivity index (χ2v) is 3.51. The van der Waals surface area contributed by atoms with Crippen LogP contribution in [0.25, 0.3) is 0 Å².